The van der Waals surface area contributed by atoms with Gasteiger partial charge in [-0.15, -0.1) is 0 Å². The van der Waals surface area contributed by atoms with Gasteiger partial charge in [0, 0.05) is 18.7 Å². The Morgan fingerprint density at radius 3 is 2.58 bits per heavy atom. The largest absolute Gasteiger partial charge is 0.493 e. The lowest BCUT2D eigenvalue weighted by molar-refractivity contribution is 0.133. The van der Waals surface area contributed by atoms with Gasteiger partial charge < -0.3 is 19.1 Å². The lowest BCUT2D eigenvalue weighted by Gasteiger charge is -2.13. The number of amides is 1. The molecule has 1 aromatic carbocycles. The number of rotatable bonds is 7. The van der Waals surface area contributed by atoms with Gasteiger partial charge in [0.05, 0.1) is 25.7 Å². The van der Waals surface area contributed by atoms with Crippen LogP contribution in [0.1, 0.15) is 12.8 Å². The van der Waals surface area contributed by atoms with Gasteiger partial charge >= 0.3 is 6.09 Å². The van der Waals surface area contributed by atoms with E-state index in [1.807, 2.05) is 0 Å². The molecule has 1 atom stereocenters. The third-order valence-electron chi connectivity index (χ3n) is 4.06. The van der Waals surface area contributed by atoms with E-state index in [9.17, 15) is 13.2 Å². The zero-order valence-electron chi connectivity index (χ0n) is 13.5. The normalized spacial score (nSPS) is 20.8. The molecule has 0 radical (unpaired) electrons. The maximum absolute atomic E-state index is 12.4. The van der Waals surface area contributed by atoms with Crippen LogP contribution in [0.25, 0.3) is 0 Å². The maximum atomic E-state index is 12.4. The van der Waals surface area contributed by atoms with Gasteiger partial charge in [-0.3, -0.25) is 0 Å². The Morgan fingerprint density at radius 1 is 1.25 bits per heavy atom. The van der Waals surface area contributed by atoms with Crippen molar-refractivity contribution in [2.75, 3.05) is 27.3 Å². The highest BCUT2D eigenvalue weighted by atomic mass is 32.2. The lowest BCUT2D eigenvalue weighted by Crippen LogP contribution is -2.35. The minimum Gasteiger partial charge on any atom is -0.493 e. The molecule has 0 aromatic heterocycles. The molecule has 1 aliphatic heterocycles. The minimum absolute atomic E-state index is 0.0334. The van der Waals surface area contributed by atoms with Crippen LogP contribution in [0.2, 0.25) is 0 Å². The summed E-state index contributed by atoms with van der Waals surface area (Å²) in [6.45, 7) is 0.448. The standard InChI is InChI=1S/C15H20N2O6S/c1-21-13-6-5-12(7-14(13)22-2)24(19,20)16-8-11-9-17(10-3-4-10)15(18)23-11/h5-7,10-11,16H,3-4,8-9H2,1-2H3. The van der Waals surface area contributed by atoms with Crippen molar-refractivity contribution in [3.05, 3.63) is 18.2 Å². The fraction of sp³-hybridized carbons (Fsp3) is 0.533. The van der Waals surface area contributed by atoms with E-state index in [1.165, 1.54) is 32.4 Å². The second kappa shape index (κ2) is 6.48. The minimum atomic E-state index is -3.74. The van der Waals surface area contributed by atoms with Crippen molar-refractivity contribution in [2.45, 2.75) is 29.9 Å². The summed E-state index contributed by atoms with van der Waals surface area (Å²) in [5.41, 5.74) is 0. The molecular formula is C15H20N2O6S. The van der Waals surface area contributed by atoms with Crippen LogP contribution < -0.4 is 14.2 Å². The van der Waals surface area contributed by atoms with Crippen LogP contribution in [0.3, 0.4) is 0 Å². The first kappa shape index (κ1) is 16.8. The molecule has 1 N–H and O–H groups in total. The number of nitrogens with zero attached hydrogens (tertiary/aromatic N) is 1. The predicted octanol–water partition coefficient (Wildman–Crippen LogP) is 0.965. The van der Waals surface area contributed by atoms with E-state index in [2.05, 4.69) is 4.72 Å². The highest BCUT2D eigenvalue weighted by molar-refractivity contribution is 7.89. The molecule has 1 saturated heterocycles. The molecule has 3 rings (SSSR count). The molecule has 24 heavy (non-hydrogen) atoms. The number of carbonyl (C=O) groups is 1. The number of nitrogens with one attached hydrogen (secondary N) is 1. The van der Waals surface area contributed by atoms with Crippen molar-refractivity contribution in [2.24, 2.45) is 0 Å². The molecule has 2 aliphatic rings. The quantitative estimate of drug-likeness (QED) is 0.782. The van der Waals surface area contributed by atoms with Crippen LogP contribution in [-0.4, -0.2) is 58.9 Å². The van der Waals surface area contributed by atoms with Crippen LogP contribution in [0.4, 0.5) is 4.79 Å². The molecule has 0 bridgehead atoms. The number of hydrogen-bond donors (Lipinski definition) is 1. The van der Waals surface area contributed by atoms with E-state index in [4.69, 9.17) is 14.2 Å². The molecule has 1 saturated carbocycles. The summed E-state index contributed by atoms with van der Waals surface area (Å²) in [6, 6.07) is 4.60. The van der Waals surface area contributed by atoms with E-state index in [1.54, 1.807) is 4.90 Å². The zero-order chi connectivity index (χ0) is 17.3. The van der Waals surface area contributed by atoms with Gasteiger partial charge in [0.1, 0.15) is 6.10 Å². The molecule has 8 nitrogen and oxygen atoms in total. The topological polar surface area (TPSA) is 94.2 Å². The molecule has 1 heterocycles. The van der Waals surface area contributed by atoms with Crippen LogP contribution in [-0.2, 0) is 14.8 Å². The monoisotopic (exact) mass is 356 g/mol. The molecule has 9 heteroatoms. The average molecular weight is 356 g/mol. The Bertz CT molecular complexity index is 731. The van der Waals surface area contributed by atoms with Crippen LogP contribution >= 0.6 is 0 Å². The highest BCUT2D eigenvalue weighted by Gasteiger charge is 2.41. The lowest BCUT2D eigenvalue weighted by atomic mass is 10.3. The summed E-state index contributed by atoms with van der Waals surface area (Å²) in [5, 5.41) is 0. The van der Waals surface area contributed by atoms with Gasteiger partial charge in [0.25, 0.3) is 0 Å². The van der Waals surface area contributed by atoms with Gasteiger partial charge in [0.2, 0.25) is 10.0 Å². The fourth-order valence-electron chi connectivity index (χ4n) is 2.60. The van der Waals surface area contributed by atoms with Crippen molar-refractivity contribution in [1.82, 2.24) is 9.62 Å². The molecule has 2 fully saturated rings. The van der Waals surface area contributed by atoms with Gasteiger partial charge in [-0.25, -0.2) is 17.9 Å². The Labute approximate surface area is 140 Å². The summed E-state index contributed by atoms with van der Waals surface area (Å²) < 4.78 is 42.7. The van der Waals surface area contributed by atoms with E-state index >= 15 is 0 Å². The summed E-state index contributed by atoms with van der Waals surface area (Å²) in [5.74, 6) is 0.772. The van der Waals surface area contributed by atoms with Crippen molar-refractivity contribution < 1.29 is 27.4 Å². The maximum Gasteiger partial charge on any atom is 0.410 e. The van der Waals surface area contributed by atoms with Crippen molar-refractivity contribution in [1.29, 1.82) is 0 Å². The third-order valence-corrected chi connectivity index (χ3v) is 5.48. The number of ether oxygens (including phenoxy) is 3. The van der Waals surface area contributed by atoms with Crippen LogP contribution in [0.15, 0.2) is 23.1 Å². The van der Waals surface area contributed by atoms with Crippen LogP contribution in [0, 0.1) is 0 Å². The number of cyclic esters (lactones) is 1. The molecule has 132 valence electrons. The first-order valence-electron chi connectivity index (χ1n) is 7.63. The Balaban J connectivity index is 1.65. The fourth-order valence-corrected chi connectivity index (χ4v) is 3.68. The number of carbonyl (C=O) groups excluding carboxylic acids is 1. The van der Waals surface area contributed by atoms with E-state index < -0.39 is 16.1 Å². The van der Waals surface area contributed by atoms with E-state index in [-0.39, 0.29) is 23.6 Å². The number of methoxy groups -OCH3 is 2. The summed E-state index contributed by atoms with van der Waals surface area (Å²) in [4.78, 5) is 13.4. The molecule has 1 aromatic rings. The van der Waals surface area contributed by atoms with Crippen molar-refractivity contribution in [3.8, 4) is 11.5 Å². The van der Waals surface area contributed by atoms with Gasteiger partial charge in [0.15, 0.2) is 11.5 Å². The Kier molecular flexibility index (Phi) is 4.55. The number of benzene rings is 1. The second-order valence-corrected chi connectivity index (χ2v) is 7.52. The zero-order valence-corrected chi connectivity index (χ0v) is 14.3. The second-order valence-electron chi connectivity index (χ2n) is 5.76. The van der Waals surface area contributed by atoms with Gasteiger partial charge in [-0.2, -0.15) is 0 Å². The Morgan fingerprint density at radius 2 is 1.96 bits per heavy atom. The molecule has 1 unspecified atom stereocenters. The average Bonchev–Trinajstić information content (AvgIpc) is 3.35. The van der Waals surface area contributed by atoms with E-state index in [0.29, 0.717) is 18.0 Å². The van der Waals surface area contributed by atoms with Crippen LogP contribution in [0.5, 0.6) is 11.5 Å². The Hall–Kier alpha value is -2.00. The third kappa shape index (κ3) is 3.41. The van der Waals surface area contributed by atoms with Crippen molar-refractivity contribution in [3.63, 3.8) is 0 Å². The molecular weight excluding hydrogens is 336 g/mol. The van der Waals surface area contributed by atoms with Crippen molar-refractivity contribution >= 4 is 16.1 Å². The first-order chi connectivity index (χ1) is 11.4. The highest BCUT2D eigenvalue weighted by Crippen LogP contribution is 2.31. The van der Waals surface area contributed by atoms with E-state index in [0.717, 1.165) is 12.8 Å². The molecule has 1 aliphatic carbocycles. The number of sulfonamides is 1. The molecule has 0 spiro atoms. The summed E-state index contributed by atoms with van der Waals surface area (Å²) in [6.07, 6.45) is 1.12. The summed E-state index contributed by atoms with van der Waals surface area (Å²) in [7, 11) is -0.827. The summed E-state index contributed by atoms with van der Waals surface area (Å²) >= 11 is 0. The SMILES string of the molecule is COc1ccc(S(=O)(=O)NCC2CN(C3CC3)C(=O)O2)cc1OC. The molecule has 1 amide bonds. The van der Waals surface area contributed by atoms with Gasteiger partial charge in [-0.1, -0.05) is 0 Å². The predicted molar refractivity (Wildman–Crippen MR) is 84.7 cm³/mol. The first-order valence-corrected chi connectivity index (χ1v) is 9.12. The van der Waals surface area contributed by atoms with Gasteiger partial charge in [-0.05, 0) is 25.0 Å². The smallest absolute Gasteiger partial charge is 0.410 e. The number of hydrogen-bond acceptors (Lipinski definition) is 6.